The lowest BCUT2D eigenvalue weighted by molar-refractivity contribution is 0.102. The van der Waals surface area contributed by atoms with Crippen molar-refractivity contribution in [1.82, 2.24) is 24.7 Å². The number of nitrogens with zero attached hydrogens (tertiary/aromatic N) is 6. The van der Waals surface area contributed by atoms with Crippen molar-refractivity contribution in [3.8, 4) is 11.3 Å². The zero-order chi connectivity index (χ0) is 21.4. The molecule has 1 aliphatic rings. The number of morpholine rings is 1. The van der Waals surface area contributed by atoms with Crippen LogP contribution in [0.1, 0.15) is 10.4 Å². The maximum Gasteiger partial charge on any atom is 0.300 e. The van der Waals surface area contributed by atoms with Gasteiger partial charge in [-0.2, -0.15) is 10.1 Å². The molecule has 4 aromatic heterocycles. The molecule has 0 spiro atoms. The SMILES string of the molecule is Cn1cc(-c2cccc(NC(=O)c3cc4oc(N5CCOCC5)nc4nc3Cl)n2)cn1. The molecule has 1 N–H and O–H groups in total. The van der Waals surface area contributed by atoms with E-state index in [0.717, 1.165) is 5.56 Å². The van der Waals surface area contributed by atoms with Crippen molar-refractivity contribution in [3.05, 3.63) is 47.4 Å². The van der Waals surface area contributed by atoms with E-state index in [1.807, 2.05) is 24.2 Å². The van der Waals surface area contributed by atoms with Crippen LogP contribution in [0.2, 0.25) is 5.15 Å². The third kappa shape index (κ3) is 3.94. The van der Waals surface area contributed by atoms with Crippen LogP contribution in [0.3, 0.4) is 0 Å². The number of aromatic nitrogens is 5. The molecular weight excluding hydrogens is 422 g/mol. The largest absolute Gasteiger partial charge is 0.422 e. The fraction of sp³-hybridized carbons (Fsp3) is 0.250. The number of carbonyl (C=O) groups excluding carboxylic acids is 1. The van der Waals surface area contributed by atoms with E-state index in [0.29, 0.717) is 55.1 Å². The van der Waals surface area contributed by atoms with Crippen LogP contribution in [0.15, 0.2) is 41.1 Å². The molecule has 1 saturated heterocycles. The first kappa shape index (κ1) is 19.5. The van der Waals surface area contributed by atoms with Crippen molar-refractivity contribution in [2.24, 2.45) is 7.05 Å². The van der Waals surface area contributed by atoms with Crippen LogP contribution in [0, 0.1) is 0 Å². The van der Waals surface area contributed by atoms with Gasteiger partial charge in [-0.25, -0.2) is 9.97 Å². The molecule has 11 heteroatoms. The van der Waals surface area contributed by atoms with Gasteiger partial charge < -0.3 is 19.4 Å². The smallest absolute Gasteiger partial charge is 0.300 e. The molecule has 0 unspecified atom stereocenters. The zero-order valence-electron chi connectivity index (χ0n) is 16.6. The molecule has 0 radical (unpaired) electrons. The summed E-state index contributed by atoms with van der Waals surface area (Å²) in [6.45, 7) is 2.55. The Morgan fingerprint density at radius 2 is 2.03 bits per heavy atom. The highest BCUT2D eigenvalue weighted by molar-refractivity contribution is 6.33. The molecule has 1 fully saturated rings. The van der Waals surface area contributed by atoms with Gasteiger partial charge in [-0.3, -0.25) is 9.48 Å². The van der Waals surface area contributed by atoms with E-state index in [2.05, 4.69) is 25.4 Å². The molecule has 158 valence electrons. The summed E-state index contributed by atoms with van der Waals surface area (Å²) in [5.74, 6) is -0.0614. The van der Waals surface area contributed by atoms with Crippen LogP contribution in [-0.2, 0) is 11.8 Å². The first-order chi connectivity index (χ1) is 15.1. The van der Waals surface area contributed by atoms with E-state index in [-0.39, 0.29) is 10.7 Å². The van der Waals surface area contributed by atoms with Crippen LogP contribution < -0.4 is 10.2 Å². The number of aryl methyl sites for hydroxylation is 1. The number of nitrogens with one attached hydrogen (secondary N) is 1. The quantitative estimate of drug-likeness (QED) is 0.483. The second kappa shape index (κ2) is 7.97. The van der Waals surface area contributed by atoms with E-state index >= 15 is 0 Å². The lowest BCUT2D eigenvalue weighted by atomic mass is 10.2. The number of halogens is 1. The molecule has 0 aliphatic carbocycles. The number of hydrogen-bond acceptors (Lipinski definition) is 8. The van der Waals surface area contributed by atoms with E-state index in [4.69, 9.17) is 20.8 Å². The molecule has 31 heavy (non-hydrogen) atoms. The van der Waals surface area contributed by atoms with Crippen molar-refractivity contribution in [2.75, 3.05) is 36.5 Å². The van der Waals surface area contributed by atoms with Gasteiger partial charge in [0.2, 0.25) is 5.65 Å². The Balaban J connectivity index is 1.40. The summed E-state index contributed by atoms with van der Waals surface area (Å²) in [4.78, 5) is 27.9. The normalized spacial score (nSPS) is 14.2. The summed E-state index contributed by atoms with van der Waals surface area (Å²) in [6, 6.07) is 7.32. The molecule has 5 heterocycles. The Kier molecular flexibility index (Phi) is 5.00. The first-order valence-corrected chi connectivity index (χ1v) is 10.0. The average molecular weight is 440 g/mol. The molecule has 5 rings (SSSR count). The van der Waals surface area contributed by atoms with Gasteiger partial charge in [0.15, 0.2) is 5.58 Å². The van der Waals surface area contributed by atoms with Gasteiger partial charge in [0.1, 0.15) is 11.0 Å². The van der Waals surface area contributed by atoms with Crippen LogP contribution in [0.25, 0.3) is 22.5 Å². The van der Waals surface area contributed by atoms with Crippen LogP contribution in [0.4, 0.5) is 11.8 Å². The number of amides is 1. The summed E-state index contributed by atoms with van der Waals surface area (Å²) in [5.41, 5.74) is 2.44. The lowest BCUT2D eigenvalue weighted by Gasteiger charge is -2.24. The third-order valence-corrected chi connectivity index (χ3v) is 5.13. The highest BCUT2D eigenvalue weighted by Crippen LogP contribution is 2.26. The first-order valence-electron chi connectivity index (χ1n) is 9.64. The Hall–Kier alpha value is -3.50. The summed E-state index contributed by atoms with van der Waals surface area (Å²) in [6.07, 6.45) is 3.55. The second-order valence-corrected chi connectivity index (χ2v) is 7.37. The predicted octanol–water partition coefficient (Wildman–Crippen LogP) is 2.76. The average Bonchev–Trinajstić information content (AvgIpc) is 3.40. The number of pyridine rings is 2. The number of oxazole rings is 1. The van der Waals surface area contributed by atoms with E-state index in [1.54, 1.807) is 29.1 Å². The fourth-order valence-electron chi connectivity index (χ4n) is 3.28. The number of rotatable bonds is 4. The molecule has 0 aromatic carbocycles. The molecule has 1 aliphatic heterocycles. The van der Waals surface area contributed by atoms with Crippen molar-refractivity contribution >= 4 is 40.6 Å². The van der Waals surface area contributed by atoms with Crippen molar-refractivity contribution in [3.63, 3.8) is 0 Å². The highest BCUT2D eigenvalue weighted by atomic mass is 35.5. The van der Waals surface area contributed by atoms with Gasteiger partial charge in [-0.15, -0.1) is 0 Å². The van der Waals surface area contributed by atoms with Crippen LogP contribution >= 0.6 is 11.6 Å². The number of carbonyl (C=O) groups is 1. The molecule has 0 saturated carbocycles. The molecular formula is C20H18ClN7O3. The monoisotopic (exact) mass is 439 g/mol. The van der Waals surface area contributed by atoms with Gasteiger partial charge in [0.25, 0.3) is 11.9 Å². The third-order valence-electron chi connectivity index (χ3n) is 4.84. The molecule has 10 nitrogen and oxygen atoms in total. The minimum absolute atomic E-state index is 0.0373. The van der Waals surface area contributed by atoms with Crippen molar-refractivity contribution in [1.29, 1.82) is 0 Å². The van der Waals surface area contributed by atoms with Gasteiger partial charge in [0.05, 0.1) is 30.7 Å². The Labute approximate surface area is 181 Å². The van der Waals surface area contributed by atoms with E-state index < -0.39 is 5.91 Å². The van der Waals surface area contributed by atoms with E-state index in [1.165, 1.54) is 0 Å². The number of hydrogen-bond donors (Lipinski definition) is 1. The second-order valence-electron chi connectivity index (χ2n) is 7.01. The maximum absolute atomic E-state index is 12.9. The van der Waals surface area contributed by atoms with Gasteiger partial charge >= 0.3 is 0 Å². The van der Waals surface area contributed by atoms with Crippen molar-refractivity contribution in [2.45, 2.75) is 0 Å². The fourth-order valence-corrected chi connectivity index (χ4v) is 3.50. The number of ether oxygens (including phenoxy) is 1. The molecule has 0 atom stereocenters. The topological polar surface area (TPSA) is 111 Å². The zero-order valence-corrected chi connectivity index (χ0v) is 17.3. The van der Waals surface area contributed by atoms with Crippen LogP contribution in [0.5, 0.6) is 0 Å². The van der Waals surface area contributed by atoms with Gasteiger partial charge in [-0.1, -0.05) is 17.7 Å². The minimum Gasteiger partial charge on any atom is -0.422 e. The van der Waals surface area contributed by atoms with Gasteiger partial charge in [-0.05, 0) is 12.1 Å². The maximum atomic E-state index is 12.9. The minimum atomic E-state index is -0.445. The number of fused-ring (bicyclic) bond motifs is 1. The Morgan fingerprint density at radius 3 is 2.81 bits per heavy atom. The number of anilines is 2. The Bertz CT molecular complexity index is 1260. The standard InChI is InChI=1S/C20H18ClN7O3/c1-27-11-12(10-22-27)14-3-2-4-16(23-14)24-19(29)13-9-15-18(25-17(13)21)26-20(31-15)28-5-7-30-8-6-28/h2-4,9-11H,5-8H2,1H3,(H,23,24,29). The van der Waals surface area contributed by atoms with E-state index in [9.17, 15) is 4.79 Å². The predicted molar refractivity (Wildman–Crippen MR) is 114 cm³/mol. The van der Waals surface area contributed by atoms with Crippen molar-refractivity contribution < 1.29 is 13.9 Å². The lowest BCUT2D eigenvalue weighted by Crippen LogP contribution is -2.36. The summed E-state index contributed by atoms with van der Waals surface area (Å²) < 4.78 is 12.9. The highest BCUT2D eigenvalue weighted by Gasteiger charge is 2.21. The Morgan fingerprint density at radius 1 is 1.19 bits per heavy atom. The molecule has 0 bridgehead atoms. The van der Waals surface area contributed by atoms with Gasteiger partial charge in [0, 0.05) is 38.0 Å². The molecule has 1 amide bonds. The summed E-state index contributed by atoms with van der Waals surface area (Å²) in [7, 11) is 1.83. The summed E-state index contributed by atoms with van der Waals surface area (Å²) >= 11 is 6.27. The van der Waals surface area contributed by atoms with Crippen LogP contribution in [-0.4, -0.2) is 56.9 Å². The molecule has 4 aromatic rings. The summed E-state index contributed by atoms with van der Waals surface area (Å²) in [5, 5.41) is 6.94.